The van der Waals surface area contributed by atoms with Gasteiger partial charge in [-0.3, -0.25) is 4.79 Å². The first-order valence-corrected chi connectivity index (χ1v) is 6.06. The molecule has 1 saturated carbocycles. The topological polar surface area (TPSA) is 26.3 Å². The van der Waals surface area contributed by atoms with Gasteiger partial charge in [0.05, 0.1) is 7.11 Å². The minimum absolute atomic E-state index is 0.192. The van der Waals surface area contributed by atoms with Crippen molar-refractivity contribution >= 4 is 5.78 Å². The Morgan fingerprint density at radius 3 is 2.35 bits per heavy atom. The number of carbonyl (C=O) groups is 1. The lowest BCUT2D eigenvalue weighted by Gasteiger charge is -2.11. The smallest absolute Gasteiger partial charge is 0.166 e. The number of ether oxygens (including phenoxy) is 1. The Balaban J connectivity index is 2.34. The largest absolute Gasteiger partial charge is 0.496 e. The van der Waals surface area contributed by atoms with E-state index in [0.717, 1.165) is 28.9 Å². The van der Waals surface area contributed by atoms with Gasteiger partial charge in [-0.05, 0) is 48.9 Å². The Labute approximate surface area is 103 Å². The zero-order chi connectivity index (χ0) is 12.8. The molecule has 0 aliphatic heterocycles. The maximum absolute atomic E-state index is 12.4. The van der Waals surface area contributed by atoms with Gasteiger partial charge >= 0.3 is 0 Å². The fraction of sp³-hybridized carbons (Fsp3) is 0.533. The molecule has 0 N–H and O–H groups in total. The van der Waals surface area contributed by atoms with E-state index < -0.39 is 0 Å². The maximum atomic E-state index is 12.4. The van der Waals surface area contributed by atoms with E-state index in [-0.39, 0.29) is 11.3 Å². The predicted molar refractivity (Wildman–Crippen MR) is 68.7 cm³/mol. The lowest BCUT2D eigenvalue weighted by Crippen LogP contribution is -2.09. The van der Waals surface area contributed by atoms with Crippen LogP contribution in [-0.4, -0.2) is 12.9 Å². The van der Waals surface area contributed by atoms with E-state index in [0.29, 0.717) is 5.78 Å². The van der Waals surface area contributed by atoms with Crippen molar-refractivity contribution in [3.05, 3.63) is 28.8 Å². The summed E-state index contributed by atoms with van der Waals surface area (Å²) in [5.74, 6) is 1.35. The van der Waals surface area contributed by atoms with Crippen LogP contribution < -0.4 is 4.74 Å². The Morgan fingerprint density at radius 2 is 1.88 bits per heavy atom. The van der Waals surface area contributed by atoms with Crippen LogP contribution in [-0.2, 0) is 0 Å². The molecule has 2 nitrogen and oxygen atoms in total. The SMILES string of the molecule is COc1cc(C)c(C(=O)C2CC2(C)C)cc1C. The molecule has 92 valence electrons. The Morgan fingerprint density at radius 1 is 1.29 bits per heavy atom. The van der Waals surface area contributed by atoms with Crippen LogP contribution in [0.15, 0.2) is 12.1 Å². The van der Waals surface area contributed by atoms with Gasteiger partial charge in [0.2, 0.25) is 0 Å². The number of aryl methyl sites for hydroxylation is 2. The number of benzene rings is 1. The van der Waals surface area contributed by atoms with E-state index in [1.54, 1.807) is 7.11 Å². The molecule has 0 amide bonds. The Kier molecular flexibility index (Phi) is 2.76. The zero-order valence-electron chi connectivity index (χ0n) is 11.3. The summed E-state index contributed by atoms with van der Waals surface area (Å²) in [4.78, 5) is 12.4. The summed E-state index contributed by atoms with van der Waals surface area (Å²) in [5.41, 5.74) is 3.09. The van der Waals surface area contributed by atoms with Crippen LogP contribution in [0, 0.1) is 25.2 Å². The normalized spacial score (nSPS) is 21.1. The summed E-state index contributed by atoms with van der Waals surface area (Å²) < 4.78 is 5.27. The van der Waals surface area contributed by atoms with Gasteiger partial charge in [-0.1, -0.05) is 13.8 Å². The number of carbonyl (C=O) groups excluding carboxylic acids is 1. The molecule has 17 heavy (non-hydrogen) atoms. The van der Waals surface area contributed by atoms with Crippen molar-refractivity contribution in [1.82, 2.24) is 0 Å². The first kappa shape index (κ1) is 12.2. The quantitative estimate of drug-likeness (QED) is 0.745. The molecule has 1 aromatic carbocycles. The third kappa shape index (κ3) is 2.08. The van der Waals surface area contributed by atoms with Crippen LogP contribution in [0.1, 0.15) is 41.8 Å². The van der Waals surface area contributed by atoms with Crippen molar-refractivity contribution in [2.45, 2.75) is 34.1 Å². The Bertz CT molecular complexity index is 472. The highest BCUT2D eigenvalue weighted by atomic mass is 16.5. The molecule has 2 heteroatoms. The van der Waals surface area contributed by atoms with Crippen molar-refractivity contribution in [1.29, 1.82) is 0 Å². The average molecular weight is 232 g/mol. The summed E-state index contributed by atoms with van der Waals surface area (Å²) in [6.07, 6.45) is 1.01. The van der Waals surface area contributed by atoms with Crippen LogP contribution in [0.3, 0.4) is 0 Å². The number of methoxy groups -OCH3 is 1. The van der Waals surface area contributed by atoms with Crippen molar-refractivity contribution < 1.29 is 9.53 Å². The highest BCUT2D eigenvalue weighted by molar-refractivity contribution is 6.01. The second kappa shape index (κ2) is 3.86. The molecule has 1 aliphatic carbocycles. The number of Topliss-reactive ketones (excluding diaryl/α,β-unsaturated/α-hetero) is 1. The van der Waals surface area contributed by atoms with E-state index in [9.17, 15) is 4.79 Å². The molecule has 0 bridgehead atoms. The maximum Gasteiger partial charge on any atom is 0.166 e. The minimum Gasteiger partial charge on any atom is -0.496 e. The zero-order valence-corrected chi connectivity index (χ0v) is 11.3. The van der Waals surface area contributed by atoms with Gasteiger partial charge in [0.25, 0.3) is 0 Å². The van der Waals surface area contributed by atoms with Gasteiger partial charge in [-0.25, -0.2) is 0 Å². The van der Waals surface area contributed by atoms with Crippen LogP contribution in [0.5, 0.6) is 5.75 Å². The van der Waals surface area contributed by atoms with E-state index >= 15 is 0 Å². The molecule has 2 rings (SSSR count). The highest BCUT2D eigenvalue weighted by Crippen LogP contribution is 2.53. The van der Waals surface area contributed by atoms with Crippen molar-refractivity contribution in [3.63, 3.8) is 0 Å². The molecule has 1 fully saturated rings. The minimum atomic E-state index is 0.192. The Hall–Kier alpha value is -1.31. The number of hydrogen-bond donors (Lipinski definition) is 0. The molecule has 1 aromatic rings. The summed E-state index contributed by atoms with van der Waals surface area (Å²) in [5, 5.41) is 0. The molecule has 1 atom stereocenters. The van der Waals surface area contributed by atoms with Crippen LogP contribution in [0.2, 0.25) is 0 Å². The molecule has 1 aliphatic rings. The second-order valence-corrected chi connectivity index (χ2v) is 5.75. The molecule has 0 heterocycles. The van der Waals surface area contributed by atoms with E-state index in [2.05, 4.69) is 13.8 Å². The molecule has 0 saturated heterocycles. The molecule has 0 radical (unpaired) electrons. The standard InChI is InChI=1S/C15H20O2/c1-9-7-13(17-5)10(2)6-11(9)14(16)12-8-15(12,3)4/h6-7,12H,8H2,1-5H3. The number of rotatable bonds is 3. The third-order valence-electron chi connectivity index (χ3n) is 3.84. The molecule has 0 aromatic heterocycles. The monoisotopic (exact) mass is 232 g/mol. The molecular formula is C15H20O2. The predicted octanol–water partition coefficient (Wildman–Crippen LogP) is 3.54. The van der Waals surface area contributed by atoms with Crippen molar-refractivity contribution in [2.75, 3.05) is 7.11 Å². The number of ketones is 1. The number of hydrogen-bond acceptors (Lipinski definition) is 2. The van der Waals surface area contributed by atoms with Gasteiger partial charge in [0.15, 0.2) is 5.78 Å². The van der Waals surface area contributed by atoms with E-state index in [1.165, 1.54) is 0 Å². The molecule has 1 unspecified atom stereocenters. The second-order valence-electron chi connectivity index (χ2n) is 5.75. The average Bonchev–Trinajstić information content (AvgIpc) is 2.89. The fourth-order valence-corrected chi connectivity index (χ4v) is 2.38. The van der Waals surface area contributed by atoms with Gasteiger partial charge in [0.1, 0.15) is 5.75 Å². The van der Waals surface area contributed by atoms with E-state index in [1.807, 2.05) is 26.0 Å². The van der Waals surface area contributed by atoms with Gasteiger partial charge in [-0.2, -0.15) is 0 Å². The summed E-state index contributed by atoms with van der Waals surface area (Å²) >= 11 is 0. The van der Waals surface area contributed by atoms with Gasteiger partial charge in [0, 0.05) is 11.5 Å². The van der Waals surface area contributed by atoms with Gasteiger partial charge in [-0.15, -0.1) is 0 Å². The highest BCUT2D eigenvalue weighted by Gasteiger charge is 2.50. The summed E-state index contributed by atoms with van der Waals surface area (Å²) in [7, 11) is 1.66. The first-order valence-electron chi connectivity index (χ1n) is 6.06. The fourth-order valence-electron chi connectivity index (χ4n) is 2.38. The molecular weight excluding hydrogens is 212 g/mol. The van der Waals surface area contributed by atoms with Crippen LogP contribution in [0.4, 0.5) is 0 Å². The molecule has 0 spiro atoms. The van der Waals surface area contributed by atoms with Crippen LogP contribution >= 0.6 is 0 Å². The van der Waals surface area contributed by atoms with Crippen LogP contribution in [0.25, 0.3) is 0 Å². The lowest BCUT2D eigenvalue weighted by atomic mass is 9.96. The van der Waals surface area contributed by atoms with Gasteiger partial charge < -0.3 is 4.74 Å². The first-order chi connectivity index (χ1) is 7.86. The lowest BCUT2D eigenvalue weighted by molar-refractivity contribution is 0.0952. The van der Waals surface area contributed by atoms with Crippen molar-refractivity contribution in [3.8, 4) is 5.75 Å². The third-order valence-corrected chi connectivity index (χ3v) is 3.84. The summed E-state index contributed by atoms with van der Waals surface area (Å²) in [6, 6.07) is 3.92. The summed E-state index contributed by atoms with van der Waals surface area (Å²) in [6.45, 7) is 8.26. The van der Waals surface area contributed by atoms with E-state index in [4.69, 9.17) is 4.74 Å². The van der Waals surface area contributed by atoms with Crippen molar-refractivity contribution in [2.24, 2.45) is 11.3 Å².